The van der Waals surface area contributed by atoms with Gasteiger partial charge in [0.2, 0.25) is 0 Å². The van der Waals surface area contributed by atoms with E-state index in [2.05, 4.69) is 26.3 Å². The maximum atomic E-state index is 11.8. The molecule has 4 heterocycles. The number of amides is 1. The minimum Gasteiger partial charge on any atom is -0.465 e. The third kappa shape index (κ3) is 5.44. The number of aromatic nitrogens is 3. The molecule has 0 aromatic carbocycles. The predicted octanol–water partition coefficient (Wildman–Crippen LogP) is 5.34. The Labute approximate surface area is 200 Å². The van der Waals surface area contributed by atoms with Gasteiger partial charge in [0, 0.05) is 42.6 Å². The van der Waals surface area contributed by atoms with Crippen LogP contribution in [0.3, 0.4) is 0 Å². The van der Waals surface area contributed by atoms with Crippen LogP contribution >= 0.6 is 0 Å². The van der Waals surface area contributed by atoms with Crippen LogP contribution in [0, 0.1) is 6.92 Å². The number of aryl methyl sites for hydroxylation is 1. The number of carbonyl (C=O) groups is 1. The van der Waals surface area contributed by atoms with Crippen LogP contribution < -0.4 is 10.2 Å². The lowest BCUT2D eigenvalue weighted by Gasteiger charge is -2.43. The Bertz CT molecular complexity index is 1150. The van der Waals surface area contributed by atoms with Gasteiger partial charge in [-0.25, -0.2) is 19.7 Å². The Morgan fingerprint density at radius 1 is 1.06 bits per heavy atom. The van der Waals surface area contributed by atoms with Crippen LogP contribution in [0.15, 0.2) is 54.9 Å². The SMILES string of the molecule is Cc1ccnc(Nc2cccc(-c3ccnc(N4CCC(N(C(=O)O)C(C)(C)C)CC4)c3)n2)c1. The number of carboxylic acid groups (broad SMARTS) is 1. The van der Waals surface area contributed by atoms with E-state index in [9.17, 15) is 9.90 Å². The Hall–Kier alpha value is -3.68. The zero-order valence-corrected chi connectivity index (χ0v) is 20.2. The van der Waals surface area contributed by atoms with Gasteiger partial charge in [-0.1, -0.05) is 6.07 Å². The standard InChI is InChI=1S/C26H32N6O2/c1-18-8-12-27-23(16-18)30-22-7-5-6-21(29-22)19-9-13-28-24(17-19)31-14-10-20(11-15-31)32(25(33)34)26(2,3)4/h5-9,12-13,16-17,20H,10-11,14-15H2,1-4H3,(H,33,34)(H,27,29,30). The van der Waals surface area contributed by atoms with Crippen LogP contribution in [0.2, 0.25) is 0 Å². The van der Waals surface area contributed by atoms with Crippen LogP contribution in [-0.2, 0) is 0 Å². The van der Waals surface area contributed by atoms with Crippen molar-refractivity contribution >= 4 is 23.5 Å². The lowest BCUT2D eigenvalue weighted by atomic mass is 9.97. The molecule has 0 aliphatic carbocycles. The van der Waals surface area contributed by atoms with E-state index in [1.165, 1.54) is 0 Å². The molecule has 2 N–H and O–H groups in total. The molecule has 1 amide bonds. The highest BCUT2D eigenvalue weighted by atomic mass is 16.4. The minimum absolute atomic E-state index is 0.0107. The van der Waals surface area contributed by atoms with Gasteiger partial charge in [0.25, 0.3) is 0 Å². The van der Waals surface area contributed by atoms with Gasteiger partial charge in [0.15, 0.2) is 0 Å². The topological polar surface area (TPSA) is 94.5 Å². The van der Waals surface area contributed by atoms with Crippen molar-refractivity contribution in [2.75, 3.05) is 23.3 Å². The molecule has 3 aromatic heterocycles. The quantitative estimate of drug-likeness (QED) is 0.531. The van der Waals surface area contributed by atoms with Crippen LogP contribution in [-0.4, -0.2) is 55.7 Å². The first-order chi connectivity index (χ1) is 16.2. The molecule has 8 nitrogen and oxygen atoms in total. The van der Waals surface area contributed by atoms with Crippen molar-refractivity contribution in [3.8, 4) is 11.3 Å². The van der Waals surface area contributed by atoms with Crippen LogP contribution in [0.5, 0.6) is 0 Å². The number of piperidine rings is 1. The maximum absolute atomic E-state index is 11.8. The molecule has 178 valence electrons. The molecule has 0 spiro atoms. The lowest BCUT2D eigenvalue weighted by molar-refractivity contribution is 0.0616. The van der Waals surface area contributed by atoms with Crippen molar-refractivity contribution in [2.24, 2.45) is 0 Å². The highest BCUT2D eigenvalue weighted by molar-refractivity contribution is 5.67. The van der Waals surface area contributed by atoms with Gasteiger partial charge in [-0.3, -0.25) is 0 Å². The largest absolute Gasteiger partial charge is 0.465 e. The second-order valence-corrected chi connectivity index (χ2v) is 9.70. The van der Waals surface area contributed by atoms with Gasteiger partial charge in [-0.2, -0.15) is 0 Å². The van der Waals surface area contributed by atoms with Gasteiger partial charge >= 0.3 is 6.09 Å². The van der Waals surface area contributed by atoms with Gasteiger partial charge in [0.05, 0.1) is 5.69 Å². The number of pyridine rings is 3. The summed E-state index contributed by atoms with van der Waals surface area (Å²) in [5.41, 5.74) is 2.54. The molecule has 0 atom stereocenters. The van der Waals surface area contributed by atoms with E-state index >= 15 is 0 Å². The number of hydrogen-bond donors (Lipinski definition) is 2. The first-order valence-electron chi connectivity index (χ1n) is 11.6. The zero-order chi connectivity index (χ0) is 24.3. The molecule has 4 rings (SSSR count). The molecular formula is C26H32N6O2. The lowest BCUT2D eigenvalue weighted by Crippen LogP contribution is -2.54. The van der Waals surface area contributed by atoms with Crippen molar-refractivity contribution in [2.45, 2.75) is 52.1 Å². The van der Waals surface area contributed by atoms with Crippen LogP contribution in [0.4, 0.5) is 22.2 Å². The fourth-order valence-corrected chi connectivity index (χ4v) is 4.50. The molecule has 3 aromatic rings. The highest BCUT2D eigenvalue weighted by Crippen LogP contribution is 2.29. The summed E-state index contributed by atoms with van der Waals surface area (Å²) in [6.45, 7) is 9.39. The van der Waals surface area contributed by atoms with Gasteiger partial charge < -0.3 is 20.2 Å². The van der Waals surface area contributed by atoms with E-state index in [1.807, 2.05) is 64.1 Å². The fourth-order valence-electron chi connectivity index (χ4n) is 4.50. The third-order valence-electron chi connectivity index (χ3n) is 6.04. The predicted molar refractivity (Wildman–Crippen MR) is 135 cm³/mol. The van der Waals surface area contributed by atoms with Crippen molar-refractivity contribution in [3.63, 3.8) is 0 Å². The smallest absolute Gasteiger partial charge is 0.407 e. The monoisotopic (exact) mass is 460 g/mol. The molecule has 34 heavy (non-hydrogen) atoms. The summed E-state index contributed by atoms with van der Waals surface area (Å²) in [6, 6.07) is 13.8. The van der Waals surface area contributed by atoms with Crippen LogP contribution in [0.25, 0.3) is 11.3 Å². The van der Waals surface area contributed by atoms with Gasteiger partial charge in [-0.15, -0.1) is 0 Å². The van der Waals surface area contributed by atoms with Crippen molar-refractivity contribution in [1.82, 2.24) is 19.9 Å². The second-order valence-electron chi connectivity index (χ2n) is 9.70. The zero-order valence-electron chi connectivity index (χ0n) is 20.2. The van der Waals surface area contributed by atoms with E-state index in [0.29, 0.717) is 0 Å². The Morgan fingerprint density at radius 2 is 1.79 bits per heavy atom. The Balaban J connectivity index is 1.47. The number of anilines is 3. The summed E-state index contributed by atoms with van der Waals surface area (Å²) >= 11 is 0. The van der Waals surface area contributed by atoms with Gasteiger partial charge in [-0.05, 0) is 82.5 Å². The molecule has 1 saturated heterocycles. The molecule has 1 fully saturated rings. The summed E-state index contributed by atoms with van der Waals surface area (Å²) in [7, 11) is 0. The van der Waals surface area contributed by atoms with E-state index < -0.39 is 11.6 Å². The summed E-state index contributed by atoms with van der Waals surface area (Å²) in [6.07, 6.45) is 4.27. The second kappa shape index (κ2) is 9.67. The Morgan fingerprint density at radius 3 is 2.47 bits per heavy atom. The highest BCUT2D eigenvalue weighted by Gasteiger charge is 2.35. The van der Waals surface area contributed by atoms with Crippen molar-refractivity contribution < 1.29 is 9.90 Å². The molecule has 1 aliphatic heterocycles. The van der Waals surface area contributed by atoms with E-state index in [-0.39, 0.29) is 6.04 Å². The number of hydrogen-bond acceptors (Lipinski definition) is 6. The fraction of sp³-hybridized carbons (Fsp3) is 0.385. The van der Waals surface area contributed by atoms with Gasteiger partial charge in [0.1, 0.15) is 17.5 Å². The average molecular weight is 461 g/mol. The first-order valence-corrected chi connectivity index (χ1v) is 11.6. The minimum atomic E-state index is -0.855. The van der Waals surface area contributed by atoms with E-state index in [1.54, 1.807) is 17.3 Å². The third-order valence-corrected chi connectivity index (χ3v) is 6.04. The summed E-state index contributed by atoms with van der Waals surface area (Å²) < 4.78 is 0. The molecule has 0 saturated carbocycles. The van der Waals surface area contributed by atoms with Crippen molar-refractivity contribution in [1.29, 1.82) is 0 Å². The molecular weight excluding hydrogens is 428 g/mol. The van der Waals surface area contributed by atoms with Crippen LogP contribution in [0.1, 0.15) is 39.2 Å². The molecule has 8 heteroatoms. The normalized spacial score (nSPS) is 14.6. The van der Waals surface area contributed by atoms with E-state index in [0.717, 1.165) is 60.2 Å². The summed E-state index contributed by atoms with van der Waals surface area (Å²) in [4.78, 5) is 29.4. The van der Waals surface area contributed by atoms with Crippen molar-refractivity contribution in [3.05, 3.63) is 60.4 Å². The molecule has 1 aliphatic rings. The summed E-state index contributed by atoms with van der Waals surface area (Å²) in [5.74, 6) is 2.37. The first kappa shape index (κ1) is 23.5. The number of rotatable bonds is 5. The number of nitrogens with zero attached hydrogens (tertiary/aromatic N) is 5. The maximum Gasteiger partial charge on any atom is 0.407 e. The molecule has 0 radical (unpaired) electrons. The number of nitrogens with one attached hydrogen (secondary N) is 1. The van der Waals surface area contributed by atoms with E-state index in [4.69, 9.17) is 4.98 Å². The summed E-state index contributed by atoms with van der Waals surface area (Å²) in [5, 5.41) is 13.0. The molecule has 0 bridgehead atoms. The Kier molecular flexibility index (Phi) is 6.68. The molecule has 0 unspecified atom stereocenters. The average Bonchev–Trinajstić information content (AvgIpc) is 2.79.